The molecule has 4 saturated carbocycles. The molecule has 2 N–H and O–H groups in total. The molecule has 5 aliphatic rings. The van der Waals surface area contributed by atoms with E-state index in [1.165, 1.54) is 24.2 Å². The quantitative estimate of drug-likeness (QED) is 0.727. The first-order valence-electron chi connectivity index (χ1n) is 11.2. The molecule has 1 unspecified atom stereocenters. The van der Waals surface area contributed by atoms with Gasteiger partial charge in [-0.3, -0.25) is 9.59 Å². The van der Waals surface area contributed by atoms with Crippen molar-refractivity contribution >= 4 is 28.3 Å². The molecule has 1 atom stereocenters. The second kappa shape index (κ2) is 7.61. The van der Waals surface area contributed by atoms with Crippen LogP contribution in [0.1, 0.15) is 75.8 Å². The van der Waals surface area contributed by atoms with E-state index in [2.05, 4.69) is 27.1 Å². The average Bonchev–Trinajstić information content (AvgIpc) is 3.33. The predicted molar refractivity (Wildman–Crippen MR) is 114 cm³/mol. The van der Waals surface area contributed by atoms with Gasteiger partial charge in [0.05, 0.1) is 18.3 Å². The van der Waals surface area contributed by atoms with Gasteiger partial charge >= 0.3 is 0 Å². The number of hydrogen-bond donors (Lipinski definition) is 2. The lowest BCUT2D eigenvalue weighted by molar-refractivity contribution is -0.135. The molecular formula is C22H29N5O2S. The highest BCUT2D eigenvalue weighted by molar-refractivity contribution is 7.13. The third kappa shape index (κ3) is 3.63. The lowest BCUT2D eigenvalue weighted by Gasteiger charge is -2.52. The number of rotatable bonds is 6. The van der Waals surface area contributed by atoms with Crippen molar-refractivity contribution in [1.82, 2.24) is 15.2 Å². The molecule has 2 bridgehead atoms. The second-order valence-corrected chi connectivity index (χ2v) is 10.5. The minimum absolute atomic E-state index is 0.0313. The lowest BCUT2D eigenvalue weighted by Crippen LogP contribution is -2.59. The maximum atomic E-state index is 13.1. The van der Waals surface area contributed by atoms with Crippen LogP contribution in [0.2, 0.25) is 0 Å². The van der Waals surface area contributed by atoms with Crippen LogP contribution in [0.5, 0.6) is 0 Å². The highest BCUT2D eigenvalue weighted by Crippen LogP contribution is 2.53. The van der Waals surface area contributed by atoms with Crippen LogP contribution in [0, 0.1) is 16.7 Å². The van der Waals surface area contributed by atoms with E-state index in [4.69, 9.17) is 0 Å². The van der Waals surface area contributed by atoms with Crippen molar-refractivity contribution in [3.63, 3.8) is 0 Å². The van der Waals surface area contributed by atoms with Gasteiger partial charge in [0.15, 0.2) is 5.13 Å². The number of thiazole rings is 1. The summed E-state index contributed by atoms with van der Waals surface area (Å²) in [5.41, 5.74) is 0.796. The molecule has 5 fully saturated rings. The number of carbonyl (C=O) groups is 2. The van der Waals surface area contributed by atoms with Crippen LogP contribution in [0.15, 0.2) is 5.38 Å². The fraction of sp³-hybridized carbons (Fsp3) is 0.727. The molecule has 8 heteroatoms. The molecule has 0 aromatic carbocycles. The third-order valence-corrected chi connectivity index (χ3v) is 8.58. The number of hydrogen-bond acceptors (Lipinski definition) is 6. The first-order chi connectivity index (χ1) is 14.5. The average molecular weight is 428 g/mol. The summed E-state index contributed by atoms with van der Waals surface area (Å²) in [6, 6.07) is 1.97. The van der Waals surface area contributed by atoms with Crippen LogP contribution in [-0.4, -0.2) is 46.4 Å². The predicted octanol–water partition coefficient (Wildman–Crippen LogP) is 3.16. The lowest BCUT2D eigenvalue weighted by atomic mass is 9.57. The number of fused-ring (bicyclic) bond motifs is 3. The number of nitrogens with one attached hydrogen (secondary N) is 2. The minimum Gasteiger partial charge on any atom is -0.326 e. The summed E-state index contributed by atoms with van der Waals surface area (Å²) in [5, 5.41) is 18.7. The number of aromatic nitrogens is 1. The fourth-order valence-electron chi connectivity index (χ4n) is 5.50. The summed E-state index contributed by atoms with van der Waals surface area (Å²) in [5.74, 6) is 0.758. The minimum atomic E-state index is -0.292. The Hall–Kier alpha value is -1.98. The van der Waals surface area contributed by atoms with Crippen LogP contribution in [0.25, 0.3) is 0 Å². The van der Waals surface area contributed by atoms with Gasteiger partial charge in [0.2, 0.25) is 11.8 Å². The van der Waals surface area contributed by atoms with Crippen LogP contribution in [0.3, 0.4) is 0 Å². The van der Waals surface area contributed by atoms with Gasteiger partial charge in [0.1, 0.15) is 6.04 Å². The van der Waals surface area contributed by atoms with Crippen molar-refractivity contribution in [3.8, 4) is 6.07 Å². The van der Waals surface area contributed by atoms with Gasteiger partial charge in [0.25, 0.3) is 0 Å². The Labute approximate surface area is 181 Å². The van der Waals surface area contributed by atoms with Crippen LogP contribution in [-0.2, 0) is 9.59 Å². The monoisotopic (exact) mass is 427 g/mol. The summed E-state index contributed by atoms with van der Waals surface area (Å²) < 4.78 is 0. The number of carbonyl (C=O) groups excluding carboxylic acids is 2. The van der Waals surface area contributed by atoms with E-state index in [-0.39, 0.29) is 28.8 Å². The molecule has 1 aromatic heterocycles. The summed E-state index contributed by atoms with van der Waals surface area (Å²) in [7, 11) is 0. The van der Waals surface area contributed by atoms with Gasteiger partial charge < -0.3 is 15.5 Å². The molecule has 2 heterocycles. The maximum Gasteiger partial charge on any atom is 0.237 e. The maximum absolute atomic E-state index is 13.1. The zero-order valence-corrected chi connectivity index (χ0v) is 18.1. The molecule has 2 amide bonds. The van der Waals surface area contributed by atoms with Crippen molar-refractivity contribution in [2.24, 2.45) is 5.41 Å². The molecule has 0 radical (unpaired) electrons. The Bertz CT molecular complexity index is 862. The topological polar surface area (TPSA) is 98.1 Å². The molecule has 0 spiro atoms. The Morgan fingerprint density at radius 1 is 1.20 bits per heavy atom. The van der Waals surface area contributed by atoms with E-state index in [1.54, 1.807) is 4.90 Å². The summed E-state index contributed by atoms with van der Waals surface area (Å²) in [6.07, 6.45) is 9.44. The largest absolute Gasteiger partial charge is 0.326 e. The van der Waals surface area contributed by atoms with E-state index in [1.807, 2.05) is 0 Å². The molecule has 30 heavy (non-hydrogen) atoms. The number of nitrogens with zero attached hydrogens (tertiary/aromatic N) is 3. The van der Waals surface area contributed by atoms with Crippen molar-refractivity contribution in [3.05, 3.63) is 11.1 Å². The highest BCUT2D eigenvalue weighted by atomic mass is 32.1. The smallest absolute Gasteiger partial charge is 0.237 e. The van der Waals surface area contributed by atoms with E-state index in [0.29, 0.717) is 19.0 Å². The van der Waals surface area contributed by atoms with E-state index < -0.39 is 0 Å². The second-order valence-electron chi connectivity index (χ2n) is 9.59. The van der Waals surface area contributed by atoms with E-state index >= 15 is 0 Å². The third-order valence-electron chi connectivity index (χ3n) is 7.80. The van der Waals surface area contributed by atoms with E-state index in [0.717, 1.165) is 62.2 Å². The van der Waals surface area contributed by atoms with E-state index in [9.17, 15) is 14.9 Å². The van der Waals surface area contributed by atoms with Crippen LogP contribution in [0.4, 0.5) is 5.13 Å². The Morgan fingerprint density at radius 2 is 1.93 bits per heavy atom. The van der Waals surface area contributed by atoms with Crippen molar-refractivity contribution in [2.75, 3.05) is 18.4 Å². The molecule has 1 aliphatic heterocycles. The normalized spacial score (nSPS) is 32.8. The van der Waals surface area contributed by atoms with Crippen molar-refractivity contribution < 1.29 is 9.59 Å². The number of amides is 2. The van der Waals surface area contributed by atoms with Gasteiger partial charge in [-0.25, -0.2) is 4.98 Å². The zero-order chi connectivity index (χ0) is 20.8. The number of nitriles is 1. The molecule has 1 aromatic rings. The van der Waals surface area contributed by atoms with Gasteiger partial charge in [-0.05, 0) is 64.2 Å². The number of anilines is 1. The fourth-order valence-corrected chi connectivity index (χ4v) is 6.28. The molecule has 6 rings (SSSR count). The summed E-state index contributed by atoms with van der Waals surface area (Å²) in [4.78, 5) is 32.0. The van der Waals surface area contributed by atoms with Crippen molar-refractivity contribution in [1.29, 1.82) is 5.26 Å². The first-order valence-corrected chi connectivity index (χ1v) is 12.1. The van der Waals surface area contributed by atoms with Crippen LogP contribution < -0.4 is 10.6 Å². The van der Waals surface area contributed by atoms with Crippen molar-refractivity contribution in [2.45, 2.75) is 81.7 Å². The summed E-state index contributed by atoms with van der Waals surface area (Å²) >= 11 is 1.54. The molecule has 7 nitrogen and oxygen atoms in total. The summed E-state index contributed by atoms with van der Waals surface area (Å²) in [6.45, 7) is 0.981. The molecule has 1 saturated heterocycles. The van der Waals surface area contributed by atoms with Gasteiger partial charge in [-0.1, -0.05) is 0 Å². The molecule has 4 aliphatic carbocycles. The Morgan fingerprint density at radius 3 is 2.60 bits per heavy atom. The van der Waals surface area contributed by atoms with Gasteiger partial charge in [-0.2, -0.15) is 5.26 Å². The van der Waals surface area contributed by atoms with Gasteiger partial charge in [0, 0.05) is 28.8 Å². The van der Waals surface area contributed by atoms with Gasteiger partial charge in [-0.15, -0.1) is 11.3 Å². The standard InChI is InChI=1S/C22H29N5O2S/c23-12-16-2-1-11-27(16)18(28)13-24-22-8-5-21(6-9-22,7-10-22)19(29)26-20-25-17(14-30-20)15-3-4-15/h14-16,24H,1-11,13H2,(H,25,26,29). The Kier molecular flexibility index (Phi) is 5.06. The van der Waals surface area contributed by atoms with Crippen LogP contribution >= 0.6 is 11.3 Å². The Balaban J connectivity index is 1.15. The number of likely N-dealkylation sites (tertiary alicyclic amines) is 1. The molecular weight excluding hydrogens is 398 g/mol. The zero-order valence-electron chi connectivity index (χ0n) is 17.3. The first kappa shape index (κ1) is 20.0. The molecule has 160 valence electrons. The highest BCUT2D eigenvalue weighted by Gasteiger charge is 2.52. The SMILES string of the molecule is N#CC1CCCN1C(=O)CNC12CCC(C(=O)Nc3nc(C4CC4)cs3)(CC1)CC2.